The molecule has 1 aliphatic rings. The molecule has 1 heterocycles. The van der Waals surface area contributed by atoms with Gasteiger partial charge >= 0.3 is 29.8 Å². The topological polar surface area (TPSA) is 159 Å². The number of halogens is 1. The Kier molecular flexibility index (Phi) is 15.2. The quantitative estimate of drug-likeness (QED) is 0.0673. The van der Waals surface area contributed by atoms with Crippen molar-refractivity contribution in [1.29, 1.82) is 0 Å². The molecule has 0 aliphatic carbocycles. The highest BCUT2D eigenvalue weighted by atomic mass is 19.1. The van der Waals surface area contributed by atoms with Crippen molar-refractivity contribution in [1.82, 2.24) is 0 Å². The zero-order valence-electron chi connectivity index (χ0n) is 36.1. The molecule has 0 saturated carbocycles. The van der Waals surface area contributed by atoms with Crippen molar-refractivity contribution in [2.45, 2.75) is 63.7 Å². The molecule has 6 aromatic carbocycles. The van der Waals surface area contributed by atoms with Crippen LogP contribution >= 0.6 is 0 Å². The summed E-state index contributed by atoms with van der Waals surface area (Å²) in [5, 5.41) is 0. The Bertz CT molecular complexity index is 2630. The fraction of sp³-hybridized carbons (Fsp3) is 0.212. The van der Waals surface area contributed by atoms with Crippen LogP contribution in [0.3, 0.4) is 0 Å². The minimum Gasteiger partial charge on any atom is -0.494 e. The van der Waals surface area contributed by atoms with Gasteiger partial charge in [0, 0.05) is 13.3 Å². The Morgan fingerprint density at radius 2 is 1.06 bits per heavy atom. The molecule has 0 N–H and O–H groups in total. The van der Waals surface area contributed by atoms with Gasteiger partial charge in [0.2, 0.25) is 12.4 Å². The van der Waals surface area contributed by atoms with E-state index in [4.69, 9.17) is 37.9 Å². The summed E-state index contributed by atoms with van der Waals surface area (Å²) in [4.78, 5) is 67.8. The third-order valence-corrected chi connectivity index (χ3v) is 10.5. The summed E-state index contributed by atoms with van der Waals surface area (Å²) in [6.07, 6.45) is -9.41. The van der Waals surface area contributed by atoms with Crippen molar-refractivity contribution < 1.29 is 66.3 Å². The van der Waals surface area contributed by atoms with Crippen LogP contribution in [0.1, 0.15) is 72.0 Å². The number of hydrogen-bond donors (Lipinski definition) is 0. The number of ether oxygens (including phenoxy) is 8. The van der Waals surface area contributed by atoms with Crippen molar-refractivity contribution in [2.75, 3.05) is 7.11 Å². The Morgan fingerprint density at radius 3 is 1.56 bits per heavy atom. The van der Waals surface area contributed by atoms with E-state index in [2.05, 4.69) is 0 Å². The third kappa shape index (κ3) is 11.6. The summed E-state index contributed by atoms with van der Waals surface area (Å²) in [7, 11) is 1.35. The molecule has 0 spiro atoms. The average molecular weight is 897 g/mol. The van der Waals surface area contributed by atoms with Crippen LogP contribution in [0.25, 0.3) is 0 Å². The lowest BCUT2D eigenvalue weighted by Crippen LogP contribution is -2.65. The molecule has 1 fully saturated rings. The maximum absolute atomic E-state index is 15.0. The van der Waals surface area contributed by atoms with E-state index in [1.54, 1.807) is 109 Å². The molecule has 338 valence electrons. The minimum absolute atomic E-state index is 0.0392. The second-order valence-electron chi connectivity index (χ2n) is 15.1. The van der Waals surface area contributed by atoms with Gasteiger partial charge in [-0.25, -0.2) is 23.6 Å². The fourth-order valence-electron chi connectivity index (χ4n) is 7.17. The normalized spacial score (nSPS) is 18.2. The van der Waals surface area contributed by atoms with Crippen LogP contribution in [-0.4, -0.2) is 73.8 Å². The average Bonchev–Trinajstić information content (AvgIpc) is 3.34. The van der Waals surface area contributed by atoms with Gasteiger partial charge in [0.15, 0.2) is 23.8 Å². The first-order valence-corrected chi connectivity index (χ1v) is 20.9. The monoisotopic (exact) mass is 896 g/mol. The van der Waals surface area contributed by atoms with E-state index in [0.29, 0.717) is 16.7 Å². The van der Waals surface area contributed by atoms with Crippen LogP contribution in [-0.2, 0) is 46.2 Å². The first-order chi connectivity index (χ1) is 32.0. The van der Waals surface area contributed by atoms with Crippen LogP contribution < -0.4 is 9.47 Å². The van der Waals surface area contributed by atoms with Crippen molar-refractivity contribution in [3.8, 4) is 11.5 Å². The zero-order valence-corrected chi connectivity index (χ0v) is 36.1. The van der Waals surface area contributed by atoms with Gasteiger partial charge in [-0.05, 0) is 90.3 Å². The molecule has 0 bridgehead atoms. The van der Waals surface area contributed by atoms with Crippen LogP contribution in [0.5, 0.6) is 11.5 Å². The van der Waals surface area contributed by atoms with E-state index >= 15 is 4.39 Å². The molecule has 1 aliphatic heterocycles. The molecule has 6 aromatic rings. The Hall–Kier alpha value is -7.84. The lowest BCUT2D eigenvalue weighted by Gasteiger charge is -2.45. The molecule has 6 atom stereocenters. The first-order valence-electron chi connectivity index (χ1n) is 20.9. The van der Waals surface area contributed by atoms with E-state index in [9.17, 15) is 24.0 Å². The molecule has 14 heteroatoms. The van der Waals surface area contributed by atoms with E-state index in [1.807, 2.05) is 0 Å². The number of carbonyl (C=O) groups excluding carboxylic acids is 5. The van der Waals surface area contributed by atoms with Gasteiger partial charge in [-0.15, -0.1) is 0 Å². The van der Waals surface area contributed by atoms with Gasteiger partial charge < -0.3 is 37.9 Å². The molecule has 66 heavy (non-hydrogen) atoms. The summed E-state index contributed by atoms with van der Waals surface area (Å²) < 4.78 is 63.5. The first kappa shape index (κ1) is 46.2. The molecule has 1 saturated heterocycles. The Balaban J connectivity index is 1.37. The second-order valence-corrected chi connectivity index (χ2v) is 15.1. The predicted octanol–water partition coefficient (Wildman–Crippen LogP) is 8.51. The Morgan fingerprint density at radius 1 is 0.576 bits per heavy atom. The number of rotatable bonds is 16. The maximum atomic E-state index is 15.0. The summed E-state index contributed by atoms with van der Waals surface area (Å²) >= 11 is 0. The molecular formula is C52H45FO13. The molecule has 13 nitrogen and oxygen atoms in total. The largest absolute Gasteiger partial charge is 0.494 e. The molecule has 0 aromatic heterocycles. The summed E-state index contributed by atoms with van der Waals surface area (Å²) in [5.41, 5.74) is 2.01. The number of esters is 5. The van der Waals surface area contributed by atoms with Crippen molar-refractivity contribution in [3.63, 3.8) is 0 Å². The molecular weight excluding hydrogens is 852 g/mol. The highest BCUT2D eigenvalue weighted by Crippen LogP contribution is 2.36. The lowest BCUT2D eigenvalue weighted by atomic mass is 9.94. The van der Waals surface area contributed by atoms with E-state index in [-0.39, 0.29) is 46.8 Å². The number of hydrogen-bond acceptors (Lipinski definition) is 13. The van der Waals surface area contributed by atoms with Gasteiger partial charge in [0.1, 0.15) is 24.6 Å². The van der Waals surface area contributed by atoms with E-state index in [0.717, 1.165) is 0 Å². The highest BCUT2D eigenvalue weighted by molar-refractivity contribution is 5.91. The van der Waals surface area contributed by atoms with Crippen LogP contribution in [0.15, 0.2) is 158 Å². The molecule has 0 unspecified atom stereocenters. The van der Waals surface area contributed by atoms with Gasteiger partial charge in [-0.3, -0.25) is 4.79 Å². The summed E-state index contributed by atoms with van der Waals surface area (Å²) in [6.45, 7) is 2.60. The molecule has 0 amide bonds. The van der Waals surface area contributed by atoms with Gasteiger partial charge in [-0.1, -0.05) is 91.0 Å². The van der Waals surface area contributed by atoms with Gasteiger partial charge in [0.05, 0.1) is 29.4 Å². The summed E-state index contributed by atoms with van der Waals surface area (Å²) in [6, 6.07) is 41.5. The smallest absolute Gasteiger partial charge is 0.338 e. The maximum Gasteiger partial charge on any atom is 0.338 e. The molecule has 0 radical (unpaired) electrons. The van der Waals surface area contributed by atoms with Crippen molar-refractivity contribution in [3.05, 3.63) is 202 Å². The summed E-state index contributed by atoms with van der Waals surface area (Å²) in [5.74, 6) is -4.39. The van der Waals surface area contributed by atoms with E-state index in [1.165, 1.54) is 69.5 Å². The van der Waals surface area contributed by atoms with Crippen molar-refractivity contribution in [2.24, 2.45) is 0 Å². The van der Waals surface area contributed by atoms with Gasteiger partial charge in [-0.2, -0.15) is 0 Å². The van der Waals surface area contributed by atoms with Crippen LogP contribution in [0.2, 0.25) is 0 Å². The van der Waals surface area contributed by atoms with Crippen molar-refractivity contribution >= 4 is 29.8 Å². The fourth-order valence-corrected chi connectivity index (χ4v) is 7.17. The second kappa shape index (κ2) is 21.7. The van der Waals surface area contributed by atoms with Gasteiger partial charge in [0.25, 0.3) is 0 Å². The minimum atomic E-state index is -1.71. The van der Waals surface area contributed by atoms with Crippen LogP contribution in [0, 0.1) is 5.82 Å². The lowest BCUT2D eigenvalue weighted by molar-refractivity contribution is -0.284. The van der Waals surface area contributed by atoms with Crippen LogP contribution in [0.4, 0.5) is 4.39 Å². The Labute approximate surface area is 379 Å². The predicted molar refractivity (Wildman–Crippen MR) is 235 cm³/mol. The molecule has 7 rings (SSSR count). The highest BCUT2D eigenvalue weighted by Gasteiger charge is 2.56. The van der Waals surface area contributed by atoms with E-state index < -0.39 is 72.5 Å². The standard InChI is InChI=1S/C52H45FO13/c1-32(61-48(55)36-16-8-4-9-17-36)44-45(63-49(56)37-18-10-5-11-19-37)46(64-50(57)38-20-12-6-13-21-38)47(65-51(58)39-22-14-7-15-23-39)52(66-44)62-43-30-35(31-60-33(2)54)24-26-40(43)28-34-25-27-42(59-3)41(53)29-34/h4-27,29-30,32,44-47,52H,28,31H2,1-3H3/t32-,44-,45-,46+,47-,52-/m1/s1. The third-order valence-electron chi connectivity index (χ3n) is 10.5. The zero-order chi connectivity index (χ0) is 46.6. The number of methoxy groups -OCH3 is 1. The SMILES string of the molecule is COc1ccc(Cc2ccc(COC(C)=O)cc2O[C@@H]2O[C@H]([C@@H](C)OC(=O)c3ccccc3)[C@@H](OC(=O)c3ccccc3)[C@H](OC(=O)c3ccccc3)[C@H]2OC(=O)c2ccccc2)cc1F. The number of benzene rings is 6. The number of carbonyl (C=O) groups is 5.